The van der Waals surface area contributed by atoms with Gasteiger partial charge in [-0.2, -0.15) is 0 Å². The monoisotopic (exact) mass is 310 g/mol. The molecule has 0 heterocycles. The zero-order valence-electron chi connectivity index (χ0n) is 14.1. The molecular weight excluding hydrogens is 288 g/mol. The molecule has 1 aliphatic rings. The van der Waals surface area contributed by atoms with Crippen molar-refractivity contribution in [1.29, 1.82) is 0 Å². The molecule has 24 heavy (non-hydrogen) atoms. The first kappa shape index (κ1) is 15.0. The summed E-state index contributed by atoms with van der Waals surface area (Å²) in [7, 11) is 0. The number of rotatable bonds is 5. The second-order valence-electron chi connectivity index (χ2n) is 6.51. The van der Waals surface area contributed by atoms with E-state index in [2.05, 4.69) is 97.9 Å². The maximum atomic E-state index is 2.29. The van der Waals surface area contributed by atoms with Gasteiger partial charge in [-0.05, 0) is 35.1 Å². The topological polar surface area (TPSA) is 0 Å². The summed E-state index contributed by atoms with van der Waals surface area (Å²) in [4.78, 5) is 0. The molecule has 0 saturated heterocycles. The average molecular weight is 310 g/mol. The van der Waals surface area contributed by atoms with Crippen LogP contribution in [0.5, 0.6) is 0 Å². The van der Waals surface area contributed by atoms with E-state index in [9.17, 15) is 0 Å². The maximum absolute atomic E-state index is 2.29. The summed E-state index contributed by atoms with van der Waals surface area (Å²) in [5.74, 6) is 0. The summed E-state index contributed by atoms with van der Waals surface area (Å²) in [5.41, 5.74) is 7.37. The van der Waals surface area contributed by atoms with E-state index in [1.807, 2.05) is 0 Å². The highest BCUT2D eigenvalue weighted by molar-refractivity contribution is 5.96. The first-order valence-corrected chi connectivity index (χ1v) is 8.75. The molecule has 0 nitrogen and oxygen atoms in total. The van der Waals surface area contributed by atoms with Gasteiger partial charge in [0.2, 0.25) is 0 Å². The van der Waals surface area contributed by atoms with E-state index < -0.39 is 0 Å². The van der Waals surface area contributed by atoms with Gasteiger partial charge in [0.05, 0.1) is 0 Å². The Kier molecular flexibility index (Phi) is 3.82. The molecule has 1 aliphatic carbocycles. The van der Waals surface area contributed by atoms with E-state index >= 15 is 0 Å². The van der Waals surface area contributed by atoms with Gasteiger partial charge in [-0.1, -0.05) is 103 Å². The van der Waals surface area contributed by atoms with Crippen LogP contribution < -0.4 is 0 Å². The van der Waals surface area contributed by atoms with Crippen LogP contribution in [-0.4, -0.2) is 0 Å². The molecule has 1 atom stereocenters. The zero-order chi connectivity index (χ0) is 16.4. The summed E-state index contributed by atoms with van der Waals surface area (Å²) >= 11 is 0. The first-order valence-electron chi connectivity index (χ1n) is 8.75. The normalized spacial score (nSPS) is 19.4. The van der Waals surface area contributed by atoms with Crippen LogP contribution in [0.25, 0.3) is 5.57 Å². The van der Waals surface area contributed by atoms with Crippen molar-refractivity contribution in [3.8, 4) is 0 Å². The highest BCUT2D eigenvalue weighted by atomic mass is 14.5. The number of allylic oxidation sites excluding steroid dienone is 2. The zero-order valence-corrected chi connectivity index (χ0v) is 14.1. The van der Waals surface area contributed by atoms with Crippen LogP contribution in [0.2, 0.25) is 0 Å². The predicted molar refractivity (Wildman–Crippen MR) is 102 cm³/mol. The van der Waals surface area contributed by atoms with Gasteiger partial charge in [-0.3, -0.25) is 0 Å². The van der Waals surface area contributed by atoms with Crippen molar-refractivity contribution in [3.05, 3.63) is 113 Å². The lowest BCUT2D eigenvalue weighted by molar-refractivity contribution is 0.719. The van der Waals surface area contributed by atoms with Crippen molar-refractivity contribution in [2.75, 3.05) is 0 Å². The van der Waals surface area contributed by atoms with Crippen LogP contribution in [0.3, 0.4) is 0 Å². The van der Waals surface area contributed by atoms with E-state index in [1.54, 1.807) is 5.57 Å². The SMILES string of the molecule is CCC1=C(c2ccccc2)C1(Cc1ccccc1)c1ccccc1. The molecule has 0 N–H and O–H groups in total. The molecule has 4 rings (SSSR count). The minimum atomic E-state index is 0.0682. The van der Waals surface area contributed by atoms with Crippen molar-refractivity contribution < 1.29 is 0 Å². The van der Waals surface area contributed by atoms with Gasteiger partial charge < -0.3 is 0 Å². The van der Waals surface area contributed by atoms with Gasteiger partial charge in [-0.25, -0.2) is 0 Å². The lowest BCUT2D eigenvalue weighted by Crippen LogP contribution is -2.17. The van der Waals surface area contributed by atoms with Crippen LogP contribution in [0.15, 0.2) is 96.6 Å². The summed E-state index contributed by atoms with van der Waals surface area (Å²) in [6.45, 7) is 2.29. The van der Waals surface area contributed by atoms with Crippen molar-refractivity contribution in [3.63, 3.8) is 0 Å². The summed E-state index contributed by atoms with van der Waals surface area (Å²) in [6, 6.07) is 32.8. The van der Waals surface area contributed by atoms with Gasteiger partial charge in [-0.15, -0.1) is 0 Å². The van der Waals surface area contributed by atoms with Crippen LogP contribution in [-0.2, 0) is 11.8 Å². The second-order valence-corrected chi connectivity index (χ2v) is 6.51. The minimum Gasteiger partial charge on any atom is -0.0622 e. The van der Waals surface area contributed by atoms with Crippen molar-refractivity contribution in [1.82, 2.24) is 0 Å². The van der Waals surface area contributed by atoms with Gasteiger partial charge in [0.25, 0.3) is 0 Å². The van der Waals surface area contributed by atoms with Gasteiger partial charge in [0, 0.05) is 5.41 Å². The highest BCUT2D eigenvalue weighted by Crippen LogP contribution is 2.62. The molecule has 0 aromatic heterocycles. The van der Waals surface area contributed by atoms with E-state index in [4.69, 9.17) is 0 Å². The standard InChI is InChI=1S/C24H22/c1-2-22-23(20-14-8-4-9-15-20)24(22,21-16-10-5-11-17-21)18-19-12-6-3-7-13-19/h3-17H,2,18H2,1H3. The number of benzene rings is 3. The van der Waals surface area contributed by atoms with Crippen molar-refractivity contribution in [2.24, 2.45) is 0 Å². The fourth-order valence-electron chi connectivity index (χ4n) is 4.12. The van der Waals surface area contributed by atoms with E-state index in [1.165, 1.54) is 22.3 Å². The lowest BCUT2D eigenvalue weighted by atomic mass is 9.80. The largest absolute Gasteiger partial charge is 0.0622 e. The van der Waals surface area contributed by atoms with Gasteiger partial charge in [0.1, 0.15) is 0 Å². The molecule has 0 spiro atoms. The minimum absolute atomic E-state index is 0.0682. The lowest BCUT2D eigenvalue weighted by Gasteiger charge is -2.22. The number of hydrogen-bond donors (Lipinski definition) is 0. The first-order chi connectivity index (χ1) is 11.9. The third-order valence-electron chi connectivity index (χ3n) is 5.18. The quantitative estimate of drug-likeness (QED) is 0.538. The second kappa shape index (κ2) is 6.13. The predicted octanol–water partition coefficient (Wildman–Crippen LogP) is 6.04. The van der Waals surface area contributed by atoms with Crippen LogP contribution in [0.1, 0.15) is 30.0 Å². The molecule has 3 aromatic rings. The smallest absolute Gasteiger partial charge is 0.0463 e. The van der Waals surface area contributed by atoms with E-state index in [-0.39, 0.29) is 5.41 Å². The summed E-state index contributed by atoms with van der Waals surface area (Å²) < 4.78 is 0. The van der Waals surface area contributed by atoms with Crippen LogP contribution >= 0.6 is 0 Å². The molecule has 3 aromatic carbocycles. The Bertz CT molecular complexity index is 844. The molecule has 0 fully saturated rings. The van der Waals surface area contributed by atoms with Crippen LogP contribution in [0.4, 0.5) is 0 Å². The highest BCUT2D eigenvalue weighted by Gasteiger charge is 2.53. The van der Waals surface area contributed by atoms with Gasteiger partial charge >= 0.3 is 0 Å². The third kappa shape index (κ3) is 2.39. The molecule has 0 heteroatoms. The fourth-order valence-corrected chi connectivity index (χ4v) is 4.12. The molecule has 0 bridgehead atoms. The Hall–Kier alpha value is -2.60. The van der Waals surface area contributed by atoms with Crippen molar-refractivity contribution in [2.45, 2.75) is 25.2 Å². The molecule has 0 aliphatic heterocycles. The number of hydrogen-bond acceptors (Lipinski definition) is 0. The molecule has 118 valence electrons. The summed E-state index contributed by atoms with van der Waals surface area (Å²) in [5, 5.41) is 0. The van der Waals surface area contributed by atoms with E-state index in [0.717, 1.165) is 12.8 Å². The Labute approximate surface area is 144 Å². The Balaban J connectivity index is 1.82. The van der Waals surface area contributed by atoms with E-state index in [0.29, 0.717) is 0 Å². The van der Waals surface area contributed by atoms with Gasteiger partial charge in [0.15, 0.2) is 0 Å². The molecule has 1 unspecified atom stereocenters. The fraction of sp³-hybridized carbons (Fsp3) is 0.167. The maximum Gasteiger partial charge on any atom is 0.0463 e. The Morgan fingerprint density at radius 1 is 0.667 bits per heavy atom. The Morgan fingerprint density at radius 2 is 1.21 bits per heavy atom. The molecule has 0 radical (unpaired) electrons. The Morgan fingerprint density at radius 3 is 1.79 bits per heavy atom. The molecule has 0 saturated carbocycles. The molecule has 0 amide bonds. The molecular formula is C24H22. The average Bonchev–Trinajstić information content (AvgIpc) is 3.32. The summed E-state index contributed by atoms with van der Waals surface area (Å²) in [6.07, 6.45) is 2.15. The van der Waals surface area contributed by atoms with Crippen molar-refractivity contribution >= 4 is 5.57 Å². The third-order valence-corrected chi connectivity index (χ3v) is 5.18. The van der Waals surface area contributed by atoms with Crippen LogP contribution in [0, 0.1) is 0 Å².